The standard InChI is InChI=1S/C14H14N2O3S/c15-9-11(14(18)19)7-10-1-2-12-13(8-10)20-6-4-16(12)3-5-17/h1-2,7-8,17H,3-6H2,(H,18,19)/b11-7+. The number of nitrogens with zero attached hydrogens (tertiary/aromatic N) is 2. The molecular weight excluding hydrogens is 276 g/mol. The van der Waals surface area contributed by atoms with Crippen molar-refractivity contribution in [2.75, 3.05) is 30.3 Å². The minimum absolute atomic E-state index is 0.101. The summed E-state index contributed by atoms with van der Waals surface area (Å²) >= 11 is 1.69. The fourth-order valence-electron chi connectivity index (χ4n) is 2.05. The molecule has 104 valence electrons. The number of hydrogen-bond donors (Lipinski definition) is 2. The molecule has 1 aromatic rings. The van der Waals surface area contributed by atoms with Gasteiger partial charge >= 0.3 is 5.97 Å². The van der Waals surface area contributed by atoms with Crippen molar-refractivity contribution in [2.45, 2.75) is 4.90 Å². The maximum absolute atomic E-state index is 10.8. The van der Waals surface area contributed by atoms with E-state index in [0.29, 0.717) is 12.1 Å². The van der Waals surface area contributed by atoms with Gasteiger partial charge in [-0.1, -0.05) is 6.07 Å². The Hall–Kier alpha value is -1.97. The van der Waals surface area contributed by atoms with E-state index in [4.69, 9.17) is 15.5 Å². The molecule has 0 atom stereocenters. The Morgan fingerprint density at radius 1 is 1.55 bits per heavy atom. The molecular formula is C14H14N2O3S. The normalized spacial score (nSPS) is 14.6. The first-order valence-electron chi connectivity index (χ1n) is 6.13. The van der Waals surface area contributed by atoms with E-state index in [9.17, 15) is 4.79 Å². The van der Waals surface area contributed by atoms with Gasteiger partial charge in [-0.2, -0.15) is 5.26 Å². The van der Waals surface area contributed by atoms with Crippen LogP contribution in [0, 0.1) is 11.3 Å². The van der Waals surface area contributed by atoms with E-state index < -0.39 is 5.97 Å². The van der Waals surface area contributed by atoms with E-state index in [-0.39, 0.29) is 12.2 Å². The average Bonchev–Trinajstić information content (AvgIpc) is 2.44. The van der Waals surface area contributed by atoms with Crippen LogP contribution >= 0.6 is 11.8 Å². The summed E-state index contributed by atoms with van der Waals surface area (Å²) in [6.45, 7) is 1.57. The van der Waals surface area contributed by atoms with Crippen molar-refractivity contribution in [2.24, 2.45) is 0 Å². The van der Waals surface area contributed by atoms with E-state index in [2.05, 4.69) is 4.90 Å². The number of rotatable bonds is 4. The van der Waals surface area contributed by atoms with Gasteiger partial charge < -0.3 is 15.1 Å². The molecule has 0 saturated carbocycles. The minimum Gasteiger partial charge on any atom is -0.477 e. The Labute approximate surface area is 121 Å². The summed E-state index contributed by atoms with van der Waals surface area (Å²) in [6, 6.07) is 7.24. The van der Waals surface area contributed by atoms with Crippen LogP contribution in [0.4, 0.5) is 5.69 Å². The number of benzene rings is 1. The highest BCUT2D eigenvalue weighted by atomic mass is 32.2. The van der Waals surface area contributed by atoms with Crippen LogP contribution < -0.4 is 4.90 Å². The number of carbonyl (C=O) groups is 1. The van der Waals surface area contributed by atoms with Crippen molar-refractivity contribution in [1.29, 1.82) is 5.26 Å². The van der Waals surface area contributed by atoms with Crippen LogP contribution in [0.5, 0.6) is 0 Å². The maximum atomic E-state index is 10.8. The van der Waals surface area contributed by atoms with Crippen molar-refractivity contribution in [3.8, 4) is 6.07 Å². The number of β-amino-alcohol motifs (C(OH)–C–C–N with tert-alkyl or cyclic N) is 1. The SMILES string of the molecule is N#C/C(=C\c1ccc2c(c1)SCCN2CCO)C(=O)O. The lowest BCUT2D eigenvalue weighted by atomic mass is 10.1. The largest absolute Gasteiger partial charge is 0.477 e. The van der Waals surface area contributed by atoms with Gasteiger partial charge in [0.25, 0.3) is 0 Å². The minimum atomic E-state index is -1.22. The molecule has 0 unspecified atom stereocenters. The number of carboxylic acid groups (broad SMARTS) is 1. The molecule has 0 amide bonds. The number of anilines is 1. The van der Waals surface area contributed by atoms with Crippen molar-refractivity contribution in [3.05, 3.63) is 29.3 Å². The Bertz CT molecular complexity index is 593. The summed E-state index contributed by atoms with van der Waals surface area (Å²) in [6.07, 6.45) is 1.37. The molecule has 0 spiro atoms. The summed E-state index contributed by atoms with van der Waals surface area (Å²) in [5.41, 5.74) is 1.46. The molecule has 0 bridgehead atoms. The predicted octanol–water partition coefficient (Wildman–Crippen LogP) is 1.58. The van der Waals surface area contributed by atoms with Gasteiger partial charge in [0.15, 0.2) is 0 Å². The predicted molar refractivity (Wildman–Crippen MR) is 77.7 cm³/mol. The fraction of sp³-hybridized carbons (Fsp3) is 0.286. The summed E-state index contributed by atoms with van der Waals surface area (Å²) in [5.74, 6) is -0.302. The topological polar surface area (TPSA) is 84.6 Å². The van der Waals surface area contributed by atoms with Gasteiger partial charge in [-0.3, -0.25) is 0 Å². The van der Waals surface area contributed by atoms with Gasteiger partial charge in [-0.15, -0.1) is 11.8 Å². The van der Waals surface area contributed by atoms with Crippen molar-refractivity contribution >= 4 is 29.5 Å². The summed E-state index contributed by atoms with van der Waals surface area (Å²) in [7, 11) is 0. The van der Waals surface area contributed by atoms with E-state index in [1.54, 1.807) is 23.9 Å². The molecule has 0 aliphatic carbocycles. The van der Waals surface area contributed by atoms with Gasteiger partial charge in [-0.25, -0.2) is 4.79 Å². The van der Waals surface area contributed by atoms with Crippen LogP contribution in [0.2, 0.25) is 0 Å². The first-order chi connectivity index (χ1) is 9.65. The second-order valence-electron chi connectivity index (χ2n) is 4.26. The molecule has 1 aromatic carbocycles. The van der Waals surface area contributed by atoms with Crippen LogP contribution in [0.15, 0.2) is 28.7 Å². The highest BCUT2D eigenvalue weighted by Gasteiger charge is 2.17. The van der Waals surface area contributed by atoms with Gasteiger partial charge in [0, 0.05) is 23.7 Å². The molecule has 0 saturated heterocycles. The molecule has 0 aromatic heterocycles. The van der Waals surface area contributed by atoms with Crippen molar-refractivity contribution in [3.63, 3.8) is 0 Å². The Morgan fingerprint density at radius 3 is 3.00 bits per heavy atom. The zero-order valence-corrected chi connectivity index (χ0v) is 11.6. The average molecular weight is 290 g/mol. The van der Waals surface area contributed by atoms with Crippen LogP contribution in [0.1, 0.15) is 5.56 Å². The zero-order chi connectivity index (χ0) is 14.5. The zero-order valence-electron chi connectivity index (χ0n) is 10.7. The Balaban J connectivity index is 2.33. The molecule has 20 heavy (non-hydrogen) atoms. The first-order valence-corrected chi connectivity index (χ1v) is 7.12. The molecule has 2 N–H and O–H groups in total. The highest BCUT2D eigenvalue weighted by Crippen LogP contribution is 2.35. The smallest absolute Gasteiger partial charge is 0.346 e. The number of aliphatic carboxylic acids is 1. The second kappa shape index (κ2) is 6.46. The summed E-state index contributed by atoms with van der Waals surface area (Å²) in [4.78, 5) is 14.0. The molecule has 0 radical (unpaired) electrons. The maximum Gasteiger partial charge on any atom is 0.346 e. The van der Waals surface area contributed by atoms with E-state index in [1.807, 2.05) is 12.1 Å². The molecule has 1 aliphatic rings. The third-order valence-corrected chi connectivity index (χ3v) is 4.00. The van der Waals surface area contributed by atoms with Crippen LogP contribution in [-0.2, 0) is 4.79 Å². The molecule has 5 nitrogen and oxygen atoms in total. The number of thioether (sulfide) groups is 1. The number of aliphatic hydroxyl groups is 1. The lowest BCUT2D eigenvalue weighted by Crippen LogP contribution is -2.31. The summed E-state index contributed by atoms with van der Waals surface area (Å²) < 4.78 is 0. The monoisotopic (exact) mass is 290 g/mol. The number of carboxylic acids is 1. The van der Waals surface area contributed by atoms with Crippen molar-refractivity contribution in [1.82, 2.24) is 0 Å². The third-order valence-electron chi connectivity index (χ3n) is 2.98. The van der Waals surface area contributed by atoms with Crippen LogP contribution in [0.25, 0.3) is 6.08 Å². The third kappa shape index (κ3) is 3.13. The number of hydrogen-bond acceptors (Lipinski definition) is 5. The highest BCUT2D eigenvalue weighted by molar-refractivity contribution is 7.99. The van der Waals surface area contributed by atoms with Gasteiger partial charge in [0.1, 0.15) is 11.6 Å². The molecule has 6 heteroatoms. The Morgan fingerprint density at radius 2 is 2.35 bits per heavy atom. The molecule has 2 rings (SSSR count). The van der Waals surface area contributed by atoms with Gasteiger partial charge in [-0.05, 0) is 23.8 Å². The quantitative estimate of drug-likeness (QED) is 0.647. The van der Waals surface area contributed by atoms with E-state index >= 15 is 0 Å². The molecule has 0 fully saturated rings. The van der Waals surface area contributed by atoms with Gasteiger partial charge in [0.2, 0.25) is 0 Å². The lowest BCUT2D eigenvalue weighted by molar-refractivity contribution is -0.132. The number of nitriles is 1. The fourth-order valence-corrected chi connectivity index (χ4v) is 3.14. The van der Waals surface area contributed by atoms with E-state index in [0.717, 1.165) is 22.9 Å². The summed E-state index contributed by atoms with van der Waals surface area (Å²) in [5, 5.41) is 26.7. The lowest BCUT2D eigenvalue weighted by Gasteiger charge is -2.30. The van der Waals surface area contributed by atoms with Crippen LogP contribution in [-0.4, -0.2) is 41.6 Å². The van der Waals surface area contributed by atoms with Gasteiger partial charge in [0.05, 0.1) is 12.3 Å². The molecule has 1 heterocycles. The van der Waals surface area contributed by atoms with Crippen LogP contribution in [0.3, 0.4) is 0 Å². The molecule has 1 aliphatic heterocycles. The second-order valence-corrected chi connectivity index (χ2v) is 5.40. The Kier molecular flexibility index (Phi) is 4.66. The van der Waals surface area contributed by atoms with Crippen molar-refractivity contribution < 1.29 is 15.0 Å². The first kappa shape index (κ1) is 14.4. The number of aliphatic hydroxyl groups excluding tert-OH is 1. The number of fused-ring (bicyclic) bond motifs is 1. The van der Waals surface area contributed by atoms with E-state index in [1.165, 1.54) is 6.08 Å².